The van der Waals surface area contributed by atoms with E-state index < -0.39 is 10.9 Å². The van der Waals surface area contributed by atoms with Crippen LogP contribution >= 0.6 is 23.4 Å². The second kappa shape index (κ2) is 8.10. The summed E-state index contributed by atoms with van der Waals surface area (Å²) in [6.45, 7) is 3.99. The number of aromatic nitrogens is 2. The van der Waals surface area contributed by atoms with E-state index in [1.54, 1.807) is 59.7 Å². The van der Waals surface area contributed by atoms with Crippen LogP contribution in [-0.2, 0) is 0 Å². The number of imidazole rings is 1. The van der Waals surface area contributed by atoms with Crippen molar-refractivity contribution < 1.29 is 17.9 Å². The maximum absolute atomic E-state index is 13.1. The molecule has 0 saturated carbocycles. The average Bonchev–Trinajstić information content (AvgIpc) is 3.15. The van der Waals surface area contributed by atoms with Crippen molar-refractivity contribution in [1.29, 1.82) is 0 Å². The van der Waals surface area contributed by atoms with Crippen LogP contribution in [0.1, 0.15) is 16.6 Å². The highest BCUT2D eigenvalue weighted by Gasteiger charge is 2.36. The lowest BCUT2D eigenvalue weighted by Gasteiger charge is -2.23. The Morgan fingerprint density at radius 1 is 1.15 bits per heavy atom. The Bertz CT molecular complexity index is 929. The smallest absolute Gasteiger partial charge is 0.445 e. The first-order valence-electron chi connectivity index (χ1n) is 7.77. The maximum Gasteiger partial charge on any atom is 0.445 e. The molecule has 27 heavy (non-hydrogen) atoms. The molecule has 3 aromatic rings. The number of alkyl halides is 3. The van der Waals surface area contributed by atoms with Crippen molar-refractivity contribution in [1.82, 2.24) is 9.55 Å². The summed E-state index contributed by atoms with van der Waals surface area (Å²) in [6.07, 6.45) is 4.82. The number of halogens is 4. The number of hydrogen-bond acceptors (Lipinski definition) is 3. The summed E-state index contributed by atoms with van der Waals surface area (Å²) in [5.74, 6) is 0.262. The van der Waals surface area contributed by atoms with E-state index >= 15 is 0 Å². The van der Waals surface area contributed by atoms with Gasteiger partial charge >= 0.3 is 5.51 Å². The molecule has 1 heterocycles. The average molecular weight is 411 g/mol. The van der Waals surface area contributed by atoms with Gasteiger partial charge in [-0.1, -0.05) is 48.5 Å². The summed E-state index contributed by atoms with van der Waals surface area (Å²) in [5.41, 5.74) is -4.55. The molecule has 140 valence electrons. The lowest BCUT2D eigenvalue weighted by molar-refractivity contribution is -0.0351. The Morgan fingerprint density at radius 2 is 1.85 bits per heavy atom. The van der Waals surface area contributed by atoms with Gasteiger partial charge in [0.2, 0.25) is 0 Å². The van der Waals surface area contributed by atoms with E-state index in [9.17, 15) is 13.2 Å². The van der Waals surface area contributed by atoms with E-state index in [1.165, 1.54) is 12.1 Å². The molecule has 0 aliphatic rings. The van der Waals surface area contributed by atoms with Crippen LogP contribution in [-0.4, -0.2) is 15.1 Å². The van der Waals surface area contributed by atoms with Crippen molar-refractivity contribution in [2.45, 2.75) is 10.9 Å². The van der Waals surface area contributed by atoms with Gasteiger partial charge in [0.05, 0.1) is 12.0 Å². The van der Waals surface area contributed by atoms with Gasteiger partial charge in [0.1, 0.15) is 5.75 Å². The van der Waals surface area contributed by atoms with Gasteiger partial charge in [0, 0.05) is 28.5 Å². The number of hydrogen-bond donors (Lipinski definition) is 0. The first kappa shape index (κ1) is 19.4. The summed E-state index contributed by atoms with van der Waals surface area (Å²) < 4.78 is 46.8. The number of nitrogens with zero attached hydrogens (tertiary/aromatic N) is 2. The van der Waals surface area contributed by atoms with Gasteiger partial charge in [-0.05, 0) is 30.0 Å². The number of benzene rings is 2. The van der Waals surface area contributed by atoms with Crippen LogP contribution in [0.25, 0.3) is 5.70 Å². The number of rotatable bonds is 6. The molecule has 0 radical (unpaired) electrons. The highest BCUT2D eigenvalue weighted by Crippen LogP contribution is 2.45. The van der Waals surface area contributed by atoms with E-state index in [-0.39, 0.29) is 28.1 Å². The lowest BCUT2D eigenvalue weighted by Crippen LogP contribution is -2.13. The molecule has 2 aromatic carbocycles. The van der Waals surface area contributed by atoms with Gasteiger partial charge in [-0.2, -0.15) is 13.2 Å². The van der Waals surface area contributed by atoms with Crippen molar-refractivity contribution in [3.05, 3.63) is 90.0 Å². The van der Waals surface area contributed by atoms with E-state index in [0.29, 0.717) is 11.3 Å². The fourth-order valence-corrected chi connectivity index (χ4v) is 3.45. The summed E-state index contributed by atoms with van der Waals surface area (Å²) in [5, 5.41) is 0.199. The molecule has 0 amide bonds. The van der Waals surface area contributed by atoms with Crippen molar-refractivity contribution in [3.8, 4) is 5.75 Å². The zero-order valence-corrected chi connectivity index (χ0v) is 15.4. The Morgan fingerprint density at radius 3 is 2.52 bits per heavy atom. The molecule has 0 spiro atoms. The fourth-order valence-electron chi connectivity index (χ4n) is 2.42. The molecule has 1 atom stereocenters. The van der Waals surface area contributed by atoms with Gasteiger partial charge in [0.25, 0.3) is 0 Å². The number of para-hydroxylation sites is 1. The quantitative estimate of drug-likeness (QED) is 0.441. The zero-order chi connectivity index (χ0) is 19.4. The first-order chi connectivity index (χ1) is 12.8. The minimum absolute atomic E-state index is 0.199. The van der Waals surface area contributed by atoms with Gasteiger partial charge < -0.3 is 9.30 Å². The second-order valence-electron chi connectivity index (χ2n) is 5.45. The van der Waals surface area contributed by atoms with Gasteiger partial charge in [-0.25, -0.2) is 4.98 Å². The Kier molecular flexibility index (Phi) is 5.82. The van der Waals surface area contributed by atoms with Crippen LogP contribution in [0.3, 0.4) is 0 Å². The fraction of sp³-hybridized carbons (Fsp3) is 0.105. The van der Waals surface area contributed by atoms with Crippen LogP contribution in [0.5, 0.6) is 5.75 Å². The summed E-state index contributed by atoms with van der Waals surface area (Å²) in [6, 6.07) is 13.1. The largest absolute Gasteiger partial charge is 0.474 e. The first-order valence-corrected chi connectivity index (χ1v) is 9.03. The molecule has 1 aromatic heterocycles. The van der Waals surface area contributed by atoms with Crippen LogP contribution in [0.15, 0.2) is 73.8 Å². The number of ether oxygens (including phenoxy) is 1. The molecular weight excluding hydrogens is 397 g/mol. The van der Waals surface area contributed by atoms with Gasteiger partial charge in [-0.15, -0.1) is 0 Å². The van der Waals surface area contributed by atoms with E-state index in [1.807, 2.05) is 0 Å². The van der Waals surface area contributed by atoms with Crippen LogP contribution in [0.2, 0.25) is 5.02 Å². The van der Waals surface area contributed by atoms with Crippen molar-refractivity contribution in [2.24, 2.45) is 0 Å². The normalized spacial score (nSPS) is 12.6. The summed E-state index contributed by atoms with van der Waals surface area (Å²) in [4.78, 5) is 3.96. The van der Waals surface area contributed by atoms with E-state index in [0.717, 1.165) is 0 Å². The third-order valence-electron chi connectivity index (χ3n) is 3.65. The molecule has 1 unspecified atom stereocenters. The lowest BCUT2D eigenvalue weighted by atomic mass is 10.1. The van der Waals surface area contributed by atoms with Crippen LogP contribution in [0.4, 0.5) is 13.2 Å². The molecule has 8 heteroatoms. The summed E-state index contributed by atoms with van der Waals surface area (Å²) in [7, 11) is 0. The van der Waals surface area contributed by atoms with E-state index in [4.69, 9.17) is 16.3 Å². The molecule has 3 rings (SSSR count). The van der Waals surface area contributed by atoms with Crippen LogP contribution < -0.4 is 4.74 Å². The Labute approximate surface area is 163 Å². The molecule has 3 nitrogen and oxygen atoms in total. The Balaban J connectivity index is 1.97. The minimum Gasteiger partial charge on any atom is -0.474 e. The zero-order valence-electron chi connectivity index (χ0n) is 13.9. The molecule has 0 fully saturated rings. The summed E-state index contributed by atoms with van der Waals surface area (Å²) >= 11 is 5.83. The molecular formula is C19H14ClF3N2OS. The Hall–Kier alpha value is -2.38. The highest BCUT2D eigenvalue weighted by atomic mass is 35.5. The standard InChI is InChI=1S/C19H14ClF3N2OS/c1-13(25-11-10-24-12-25)14-6-3-5-9-17(14)26-18(27-19(21,22)23)15-7-2-4-8-16(15)20/h2-12,18H,1H2. The van der Waals surface area contributed by atoms with Gasteiger partial charge in [0.15, 0.2) is 5.44 Å². The predicted octanol–water partition coefficient (Wildman–Crippen LogP) is 6.39. The minimum atomic E-state index is -4.50. The molecule has 0 N–H and O–H groups in total. The van der Waals surface area contributed by atoms with Crippen molar-refractivity contribution in [2.75, 3.05) is 0 Å². The maximum atomic E-state index is 13.1. The van der Waals surface area contributed by atoms with E-state index in [2.05, 4.69) is 11.6 Å². The highest BCUT2D eigenvalue weighted by molar-refractivity contribution is 8.00. The van der Waals surface area contributed by atoms with Crippen molar-refractivity contribution >= 4 is 29.1 Å². The van der Waals surface area contributed by atoms with Gasteiger partial charge in [-0.3, -0.25) is 0 Å². The monoisotopic (exact) mass is 410 g/mol. The van der Waals surface area contributed by atoms with Crippen molar-refractivity contribution in [3.63, 3.8) is 0 Å². The predicted molar refractivity (Wildman–Crippen MR) is 102 cm³/mol. The molecule has 0 aliphatic heterocycles. The number of thioether (sulfide) groups is 1. The third kappa shape index (κ3) is 4.87. The SMILES string of the molecule is C=C(c1ccccc1OC(SC(F)(F)F)c1ccccc1Cl)n1ccnc1. The molecule has 0 saturated heterocycles. The topological polar surface area (TPSA) is 27.1 Å². The van der Waals surface area contributed by atoms with Crippen LogP contribution in [0, 0.1) is 0 Å². The third-order valence-corrected chi connectivity index (χ3v) is 4.82. The second-order valence-corrected chi connectivity index (χ2v) is 6.98. The molecule has 0 aliphatic carbocycles. The molecule has 0 bridgehead atoms.